The van der Waals surface area contributed by atoms with Crippen molar-refractivity contribution in [1.82, 2.24) is 15.1 Å². The summed E-state index contributed by atoms with van der Waals surface area (Å²) in [6, 6.07) is 16.7. The van der Waals surface area contributed by atoms with Crippen molar-refractivity contribution in [3.63, 3.8) is 0 Å². The van der Waals surface area contributed by atoms with E-state index in [1.165, 1.54) is 17.7 Å². The molecular weight excluding hydrogens is 452 g/mol. The first kappa shape index (κ1) is 25.1. The van der Waals surface area contributed by atoms with Gasteiger partial charge in [0.05, 0.1) is 11.5 Å². The van der Waals surface area contributed by atoms with Gasteiger partial charge in [0.2, 0.25) is 5.91 Å². The van der Waals surface area contributed by atoms with E-state index in [0.29, 0.717) is 25.9 Å². The summed E-state index contributed by atoms with van der Waals surface area (Å²) in [5.74, 6) is -0.901. The summed E-state index contributed by atoms with van der Waals surface area (Å²) >= 11 is 0. The Balaban J connectivity index is 1.33. The molecule has 2 aromatic carbocycles. The smallest absolute Gasteiger partial charge is 0.387 e. The minimum absolute atomic E-state index is 0.0511. The Morgan fingerprint density at radius 3 is 2.54 bits per heavy atom. The van der Waals surface area contributed by atoms with E-state index < -0.39 is 6.61 Å². The van der Waals surface area contributed by atoms with Crippen LogP contribution in [0.4, 0.5) is 8.78 Å². The van der Waals surface area contributed by atoms with Gasteiger partial charge in [-0.05, 0) is 49.9 Å². The molecule has 0 spiro atoms. The Kier molecular flexibility index (Phi) is 8.69. The number of halogens is 2. The lowest BCUT2D eigenvalue weighted by Crippen LogP contribution is -2.50. The molecule has 0 bridgehead atoms. The number of para-hydroxylation sites is 1. The molecule has 2 aromatic rings. The van der Waals surface area contributed by atoms with E-state index in [2.05, 4.69) is 27.1 Å². The van der Waals surface area contributed by atoms with Crippen molar-refractivity contribution in [3.05, 3.63) is 65.7 Å². The van der Waals surface area contributed by atoms with Gasteiger partial charge in [0.15, 0.2) is 0 Å². The normalized spacial score (nSPS) is 21.1. The van der Waals surface area contributed by atoms with E-state index in [0.717, 1.165) is 32.4 Å². The SMILES string of the molecule is O=C(NC[C@H]1CCCCN1Cc1ccccc1)[C@@H]1CCCN(C(=O)c2ccccc2OC(F)F)C1. The van der Waals surface area contributed by atoms with Gasteiger partial charge < -0.3 is 15.0 Å². The Hall–Kier alpha value is -3.00. The summed E-state index contributed by atoms with van der Waals surface area (Å²) in [6.45, 7) is 0.214. The number of hydrogen-bond donors (Lipinski definition) is 1. The molecule has 0 saturated carbocycles. The van der Waals surface area contributed by atoms with Crippen LogP contribution in [-0.2, 0) is 11.3 Å². The number of nitrogens with one attached hydrogen (secondary N) is 1. The maximum Gasteiger partial charge on any atom is 0.387 e. The summed E-state index contributed by atoms with van der Waals surface area (Å²) in [5.41, 5.74) is 1.36. The molecule has 35 heavy (non-hydrogen) atoms. The van der Waals surface area contributed by atoms with Gasteiger partial charge in [0.25, 0.3) is 5.91 Å². The average Bonchev–Trinajstić information content (AvgIpc) is 2.88. The Morgan fingerprint density at radius 2 is 1.74 bits per heavy atom. The molecule has 2 amide bonds. The van der Waals surface area contributed by atoms with E-state index in [1.54, 1.807) is 17.0 Å². The number of piperidine rings is 2. The molecule has 0 radical (unpaired) electrons. The number of carbonyl (C=O) groups excluding carboxylic acids is 2. The number of likely N-dealkylation sites (tertiary alicyclic amines) is 2. The predicted molar refractivity (Wildman–Crippen MR) is 129 cm³/mol. The Morgan fingerprint density at radius 1 is 0.971 bits per heavy atom. The molecule has 2 aliphatic heterocycles. The van der Waals surface area contributed by atoms with Gasteiger partial charge in [-0.1, -0.05) is 48.9 Å². The summed E-state index contributed by atoms with van der Waals surface area (Å²) < 4.78 is 30.0. The third kappa shape index (κ3) is 6.78. The largest absolute Gasteiger partial charge is 0.434 e. The van der Waals surface area contributed by atoms with Gasteiger partial charge in [-0.25, -0.2) is 0 Å². The van der Waals surface area contributed by atoms with Gasteiger partial charge in [-0.2, -0.15) is 8.78 Å². The molecule has 2 aliphatic rings. The molecule has 0 aromatic heterocycles. The molecule has 6 nitrogen and oxygen atoms in total. The second-order valence-electron chi connectivity index (χ2n) is 9.32. The van der Waals surface area contributed by atoms with E-state index in [4.69, 9.17) is 0 Å². The highest BCUT2D eigenvalue weighted by atomic mass is 19.3. The number of nitrogens with zero attached hydrogens (tertiary/aromatic N) is 2. The van der Waals surface area contributed by atoms with E-state index in [1.807, 2.05) is 18.2 Å². The van der Waals surface area contributed by atoms with Crippen molar-refractivity contribution < 1.29 is 23.1 Å². The fraction of sp³-hybridized carbons (Fsp3) is 0.481. The molecule has 188 valence electrons. The summed E-state index contributed by atoms with van der Waals surface area (Å²) in [6.07, 6.45) is 4.74. The van der Waals surface area contributed by atoms with Crippen molar-refractivity contribution in [1.29, 1.82) is 0 Å². The van der Waals surface area contributed by atoms with Crippen LogP contribution >= 0.6 is 0 Å². The van der Waals surface area contributed by atoms with Gasteiger partial charge in [0, 0.05) is 32.2 Å². The second kappa shape index (κ2) is 12.1. The fourth-order valence-corrected chi connectivity index (χ4v) is 5.07. The zero-order chi connectivity index (χ0) is 24.6. The highest BCUT2D eigenvalue weighted by Gasteiger charge is 2.31. The zero-order valence-corrected chi connectivity index (χ0v) is 19.9. The summed E-state index contributed by atoms with van der Waals surface area (Å²) in [7, 11) is 0. The number of ether oxygens (including phenoxy) is 1. The fourth-order valence-electron chi connectivity index (χ4n) is 5.07. The lowest BCUT2D eigenvalue weighted by molar-refractivity contribution is -0.126. The van der Waals surface area contributed by atoms with Crippen LogP contribution in [0.2, 0.25) is 0 Å². The quantitative estimate of drug-likeness (QED) is 0.605. The summed E-state index contributed by atoms with van der Waals surface area (Å²) in [5, 5.41) is 3.13. The molecular formula is C27H33F2N3O3. The number of benzene rings is 2. The van der Waals surface area contributed by atoms with Crippen molar-refractivity contribution in [3.8, 4) is 5.75 Å². The number of carbonyl (C=O) groups is 2. The van der Waals surface area contributed by atoms with Gasteiger partial charge in [-0.3, -0.25) is 14.5 Å². The van der Waals surface area contributed by atoms with Crippen LogP contribution in [0.25, 0.3) is 0 Å². The first-order valence-corrected chi connectivity index (χ1v) is 12.4. The number of hydrogen-bond acceptors (Lipinski definition) is 4. The molecule has 0 aliphatic carbocycles. The lowest BCUT2D eigenvalue weighted by atomic mass is 9.95. The summed E-state index contributed by atoms with van der Waals surface area (Å²) in [4.78, 5) is 30.1. The van der Waals surface area contributed by atoms with Gasteiger partial charge in [0.1, 0.15) is 5.75 Å². The van der Waals surface area contributed by atoms with Crippen molar-refractivity contribution in [2.45, 2.75) is 51.3 Å². The van der Waals surface area contributed by atoms with Crippen LogP contribution in [0.1, 0.15) is 48.0 Å². The van der Waals surface area contributed by atoms with Gasteiger partial charge in [-0.15, -0.1) is 0 Å². The molecule has 2 fully saturated rings. The molecule has 8 heteroatoms. The third-order valence-corrected chi connectivity index (χ3v) is 6.90. The number of rotatable bonds is 8. The van der Waals surface area contributed by atoms with E-state index in [-0.39, 0.29) is 41.6 Å². The molecule has 2 heterocycles. The second-order valence-corrected chi connectivity index (χ2v) is 9.32. The third-order valence-electron chi connectivity index (χ3n) is 6.90. The van der Waals surface area contributed by atoms with Crippen molar-refractivity contribution in [2.75, 3.05) is 26.2 Å². The Bertz CT molecular complexity index is 989. The number of alkyl halides is 2. The minimum Gasteiger partial charge on any atom is -0.434 e. The molecule has 0 unspecified atom stereocenters. The van der Waals surface area contributed by atoms with Crippen LogP contribution in [0, 0.1) is 5.92 Å². The molecule has 2 saturated heterocycles. The van der Waals surface area contributed by atoms with Crippen molar-refractivity contribution in [2.24, 2.45) is 5.92 Å². The number of amides is 2. The van der Waals surface area contributed by atoms with Crippen LogP contribution in [0.15, 0.2) is 54.6 Å². The maximum absolute atomic E-state index is 13.1. The topological polar surface area (TPSA) is 61.9 Å². The highest BCUT2D eigenvalue weighted by molar-refractivity contribution is 5.97. The molecule has 1 N–H and O–H groups in total. The van der Waals surface area contributed by atoms with Gasteiger partial charge >= 0.3 is 6.61 Å². The molecule has 4 rings (SSSR count). The Labute approximate surface area is 205 Å². The molecule has 2 atom stereocenters. The van der Waals surface area contributed by atoms with Crippen molar-refractivity contribution >= 4 is 11.8 Å². The average molecular weight is 486 g/mol. The zero-order valence-electron chi connectivity index (χ0n) is 19.9. The van der Waals surface area contributed by atoms with Crippen LogP contribution in [0.5, 0.6) is 5.75 Å². The lowest BCUT2D eigenvalue weighted by Gasteiger charge is -2.37. The van der Waals surface area contributed by atoms with Crippen LogP contribution < -0.4 is 10.1 Å². The van der Waals surface area contributed by atoms with E-state index in [9.17, 15) is 18.4 Å². The van der Waals surface area contributed by atoms with Crippen LogP contribution in [0.3, 0.4) is 0 Å². The van der Waals surface area contributed by atoms with Crippen LogP contribution in [-0.4, -0.2) is 60.4 Å². The standard InChI is InChI=1S/C27H33F2N3O3/c28-27(29)35-24-14-5-4-13-23(24)26(34)32-16-8-11-21(19-32)25(33)30-17-22-12-6-7-15-31(22)18-20-9-2-1-3-10-20/h1-5,9-10,13-14,21-22,27H,6-8,11-12,15-19H2,(H,30,33)/t21-,22-/m1/s1. The highest BCUT2D eigenvalue weighted by Crippen LogP contribution is 2.25. The van der Waals surface area contributed by atoms with E-state index >= 15 is 0 Å². The first-order valence-electron chi connectivity index (χ1n) is 12.4. The predicted octanol–water partition coefficient (Wildman–Crippen LogP) is 4.31. The first-order chi connectivity index (χ1) is 17.0. The minimum atomic E-state index is -3.01. The monoisotopic (exact) mass is 485 g/mol. The maximum atomic E-state index is 13.1.